The van der Waals surface area contributed by atoms with Gasteiger partial charge in [0.1, 0.15) is 0 Å². The standard InChI is InChI=1S/C16H14ClN3O3/c1-19-13-8-7-11(17)9-12(13)14(10-5-3-2-4-6-10)18-15(16(19)21)20(22)23/h2-9,12-13,15H,1H3. The van der Waals surface area contributed by atoms with Crippen molar-refractivity contribution in [2.45, 2.75) is 12.2 Å². The van der Waals surface area contributed by atoms with Crippen LogP contribution in [0.2, 0.25) is 0 Å². The largest absolute Gasteiger partial charge is 0.382 e. The normalized spacial score (nSPS) is 27.0. The van der Waals surface area contributed by atoms with E-state index >= 15 is 0 Å². The van der Waals surface area contributed by atoms with Crippen LogP contribution >= 0.6 is 11.6 Å². The molecule has 0 saturated carbocycles. The second-order valence-corrected chi connectivity index (χ2v) is 5.85. The average molecular weight is 332 g/mol. The van der Waals surface area contributed by atoms with Gasteiger partial charge in [0.25, 0.3) is 0 Å². The van der Waals surface area contributed by atoms with E-state index in [0.29, 0.717) is 10.7 Å². The summed E-state index contributed by atoms with van der Waals surface area (Å²) in [7, 11) is 1.55. The van der Waals surface area contributed by atoms with Crippen LogP contribution in [-0.4, -0.2) is 40.7 Å². The van der Waals surface area contributed by atoms with E-state index in [1.165, 1.54) is 4.90 Å². The van der Waals surface area contributed by atoms with Gasteiger partial charge in [-0.1, -0.05) is 54.1 Å². The van der Waals surface area contributed by atoms with Crippen LogP contribution in [0.4, 0.5) is 0 Å². The molecule has 2 aliphatic rings. The third kappa shape index (κ3) is 2.77. The molecule has 3 rings (SSSR count). The van der Waals surface area contributed by atoms with Crippen molar-refractivity contribution in [3.05, 3.63) is 69.3 Å². The number of likely N-dealkylation sites (N-methyl/N-ethyl adjacent to an activating group) is 1. The minimum absolute atomic E-state index is 0.325. The van der Waals surface area contributed by atoms with Gasteiger partial charge >= 0.3 is 12.1 Å². The van der Waals surface area contributed by atoms with Crippen molar-refractivity contribution < 1.29 is 9.72 Å². The van der Waals surface area contributed by atoms with Crippen LogP contribution in [0.1, 0.15) is 5.56 Å². The van der Waals surface area contributed by atoms with Crippen LogP contribution < -0.4 is 0 Å². The summed E-state index contributed by atoms with van der Waals surface area (Å²) >= 11 is 6.11. The molecule has 1 aliphatic carbocycles. The van der Waals surface area contributed by atoms with E-state index in [9.17, 15) is 14.9 Å². The number of halogens is 1. The van der Waals surface area contributed by atoms with Gasteiger partial charge in [0.05, 0.1) is 16.7 Å². The zero-order valence-electron chi connectivity index (χ0n) is 12.3. The Hall–Kier alpha value is -2.47. The van der Waals surface area contributed by atoms with Crippen molar-refractivity contribution in [1.29, 1.82) is 0 Å². The van der Waals surface area contributed by atoms with Gasteiger partial charge in [0.2, 0.25) is 0 Å². The topological polar surface area (TPSA) is 75.8 Å². The Morgan fingerprint density at radius 1 is 1.30 bits per heavy atom. The molecule has 0 spiro atoms. The van der Waals surface area contributed by atoms with Crippen molar-refractivity contribution >= 4 is 23.2 Å². The average Bonchev–Trinajstić information content (AvgIpc) is 2.64. The fraction of sp³-hybridized carbons (Fsp3) is 0.250. The molecule has 118 valence electrons. The summed E-state index contributed by atoms with van der Waals surface area (Å²) in [4.78, 5) is 28.6. The molecule has 6 nitrogen and oxygen atoms in total. The van der Waals surface area contributed by atoms with E-state index in [2.05, 4.69) is 4.99 Å². The van der Waals surface area contributed by atoms with E-state index in [1.54, 1.807) is 25.3 Å². The number of carbonyl (C=O) groups is 1. The molecule has 0 fully saturated rings. The molecular formula is C16H14ClN3O3. The quantitative estimate of drug-likeness (QED) is 0.616. The van der Waals surface area contributed by atoms with Gasteiger partial charge in [-0.15, -0.1) is 0 Å². The lowest BCUT2D eigenvalue weighted by atomic mass is 9.86. The first-order chi connectivity index (χ1) is 11.0. The highest BCUT2D eigenvalue weighted by molar-refractivity contribution is 6.31. The smallest absolute Gasteiger partial charge is 0.331 e. The molecule has 23 heavy (non-hydrogen) atoms. The summed E-state index contributed by atoms with van der Waals surface area (Å²) in [6, 6.07) is 8.80. The first kappa shape index (κ1) is 15.4. The number of carbonyl (C=O) groups excluding carboxylic acids is 1. The second kappa shape index (κ2) is 5.96. The third-order valence-corrected chi connectivity index (χ3v) is 4.27. The van der Waals surface area contributed by atoms with Gasteiger partial charge in [-0.3, -0.25) is 14.9 Å². The summed E-state index contributed by atoms with van der Waals surface area (Å²) in [6.45, 7) is 0. The number of allylic oxidation sites excluding steroid dienone is 2. The summed E-state index contributed by atoms with van der Waals surface area (Å²) in [6.07, 6.45) is 3.62. The van der Waals surface area contributed by atoms with Crippen LogP contribution in [0.5, 0.6) is 0 Å². The molecule has 1 heterocycles. The zero-order chi connectivity index (χ0) is 16.6. The monoisotopic (exact) mass is 331 g/mol. The van der Waals surface area contributed by atoms with Gasteiger partial charge < -0.3 is 4.90 Å². The van der Waals surface area contributed by atoms with Crippen molar-refractivity contribution in [2.24, 2.45) is 10.9 Å². The molecule has 3 unspecified atom stereocenters. The highest BCUT2D eigenvalue weighted by Gasteiger charge is 2.43. The molecule has 0 N–H and O–H groups in total. The summed E-state index contributed by atoms with van der Waals surface area (Å²) in [5, 5.41) is 11.8. The first-order valence-corrected chi connectivity index (χ1v) is 7.45. The molecule has 0 aromatic heterocycles. The lowest BCUT2D eigenvalue weighted by Gasteiger charge is -2.31. The van der Waals surface area contributed by atoms with Crippen LogP contribution in [0.15, 0.2) is 58.6 Å². The van der Waals surface area contributed by atoms with E-state index in [1.807, 2.05) is 30.3 Å². The van der Waals surface area contributed by atoms with Gasteiger partial charge in [-0.2, -0.15) is 0 Å². The number of nitro groups is 1. The highest BCUT2D eigenvalue weighted by Crippen LogP contribution is 2.30. The number of hydrogen-bond acceptors (Lipinski definition) is 4. The maximum absolute atomic E-state index is 12.4. The number of nitrogens with zero attached hydrogens (tertiary/aromatic N) is 3. The number of aliphatic imine (C=N–C) groups is 1. The van der Waals surface area contributed by atoms with Crippen LogP contribution in [0, 0.1) is 16.0 Å². The van der Waals surface area contributed by atoms with E-state index in [-0.39, 0.29) is 12.0 Å². The number of hydrogen-bond donors (Lipinski definition) is 0. The fourth-order valence-electron chi connectivity index (χ4n) is 2.86. The summed E-state index contributed by atoms with van der Waals surface area (Å²) in [5.74, 6) is -0.958. The molecule has 0 radical (unpaired) electrons. The minimum atomic E-state index is -1.64. The van der Waals surface area contributed by atoms with Crippen molar-refractivity contribution in [1.82, 2.24) is 4.90 Å². The molecule has 1 aromatic rings. The molecule has 0 bridgehead atoms. The fourth-order valence-corrected chi connectivity index (χ4v) is 3.07. The Labute approximate surface area is 137 Å². The van der Waals surface area contributed by atoms with E-state index < -0.39 is 17.0 Å². The van der Waals surface area contributed by atoms with E-state index in [0.717, 1.165) is 5.56 Å². The highest BCUT2D eigenvalue weighted by atomic mass is 35.5. The lowest BCUT2D eigenvalue weighted by molar-refractivity contribution is -0.506. The Morgan fingerprint density at radius 2 is 2.00 bits per heavy atom. The molecule has 1 amide bonds. The number of fused-ring (bicyclic) bond motifs is 1. The van der Waals surface area contributed by atoms with Gasteiger partial charge in [0, 0.05) is 18.0 Å². The van der Waals surface area contributed by atoms with Crippen molar-refractivity contribution in [3.8, 4) is 0 Å². The Morgan fingerprint density at radius 3 is 2.65 bits per heavy atom. The summed E-state index contributed by atoms with van der Waals surface area (Å²) < 4.78 is 0. The maximum atomic E-state index is 12.4. The van der Waals surface area contributed by atoms with Crippen LogP contribution in [0.25, 0.3) is 0 Å². The predicted molar refractivity (Wildman–Crippen MR) is 86.9 cm³/mol. The maximum Gasteiger partial charge on any atom is 0.382 e. The van der Waals surface area contributed by atoms with Gasteiger partial charge in [0.15, 0.2) is 0 Å². The molecule has 7 heteroatoms. The number of amides is 1. The first-order valence-electron chi connectivity index (χ1n) is 7.08. The molecule has 0 saturated heterocycles. The third-order valence-electron chi connectivity index (χ3n) is 4.02. The SMILES string of the molecule is CN1C(=O)C([N+](=O)[O-])N=C(c2ccccc2)C2C=C(Cl)C=CC21. The Kier molecular flexibility index (Phi) is 4.00. The Bertz CT molecular complexity index is 742. The number of benzene rings is 1. The van der Waals surface area contributed by atoms with E-state index in [4.69, 9.17) is 11.6 Å². The molecule has 1 aliphatic heterocycles. The molecule has 1 aromatic carbocycles. The van der Waals surface area contributed by atoms with Crippen LogP contribution in [-0.2, 0) is 4.79 Å². The minimum Gasteiger partial charge on any atom is -0.331 e. The number of rotatable bonds is 2. The predicted octanol–water partition coefficient (Wildman–Crippen LogP) is 2.23. The van der Waals surface area contributed by atoms with Gasteiger partial charge in [-0.05, 0) is 11.6 Å². The van der Waals surface area contributed by atoms with Gasteiger partial charge in [-0.25, -0.2) is 4.99 Å². The molecular weight excluding hydrogens is 318 g/mol. The van der Waals surface area contributed by atoms with Crippen molar-refractivity contribution in [3.63, 3.8) is 0 Å². The van der Waals surface area contributed by atoms with Crippen molar-refractivity contribution in [2.75, 3.05) is 7.05 Å². The lowest BCUT2D eigenvalue weighted by Crippen LogP contribution is -2.45. The summed E-state index contributed by atoms with van der Waals surface area (Å²) in [5.41, 5.74) is 1.24. The zero-order valence-corrected chi connectivity index (χ0v) is 13.1. The van der Waals surface area contributed by atoms with Crippen LogP contribution in [0.3, 0.4) is 0 Å². The Balaban J connectivity index is 2.18. The molecule has 3 atom stereocenters. The second-order valence-electron chi connectivity index (χ2n) is 5.42.